The average Bonchev–Trinajstić information content (AvgIpc) is 2.85. The first kappa shape index (κ1) is 14.5. The first-order chi connectivity index (χ1) is 9.47. The molecule has 1 heterocycles. The standard InChI is InChI=1S/C14H15ClN2O3/c1-8(2)13-16-17-14(20-13)11(7-12(18)19)9-4-3-5-10(15)6-9/h3-6,8,11H,7H2,1-2H3,(H,18,19)/t11-/m0/s1. The Morgan fingerprint density at radius 1 is 1.35 bits per heavy atom. The van der Waals surface area contributed by atoms with Gasteiger partial charge in [-0.05, 0) is 17.7 Å². The molecule has 0 saturated carbocycles. The quantitative estimate of drug-likeness (QED) is 0.914. The lowest BCUT2D eigenvalue weighted by Gasteiger charge is -2.11. The number of benzene rings is 1. The second-order valence-corrected chi connectivity index (χ2v) is 5.28. The van der Waals surface area contributed by atoms with Crippen LogP contribution in [0.1, 0.15) is 49.4 Å². The molecule has 0 spiro atoms. The number of hydrogen-bond donors (Lipinski definition) is 1. The molecule has 20 heavy (non-hydrogen) atoms. The maximum absolute atomic E-state index is 11.1. The molecule has 1 atom stereocenters. The highest BCUT2D eigenvalue weighted by Crippen LogP contribution is 2.29. The van der Waals surface area contributed by atoms with Gasteiger partial charge >= 0.3 is 5.97 Å². The van der Waals surface area contributed by atoms with Gasteiger partial charge in [-0.2, -0.15) is 0 Å². The summed E-state index contributed by atoms with van der Waals surface area (Å²) in [4.78, 5) is 11.1. The van der Waals surface area contributed by atoms with Gasteiger partial charge in [0.15, 0.2) is 0 Å². The lowest BCUT2D eigenvalue weighted by atomic mass is 9.96. The minimum absolute atomic E-state index is 0.0982. The molecule has 0 aliphatic heterocycles. The van der Waals surface area contributed by atoms with E-state index in [1.165, 1.54) is 0 Å². The lowest BCUT2D eigenvalue weighted by Crippen LogP contribution is -2.08. The zero-order valence-electron chi connectivity index (χ0n) is 11.2. The summed E-state index contributed by atoms with van der Waals surface area (Å²) in [5, 5.41) is 17.5. The summed E-state index contributed by atoms with van der Waals surface area (Å²) in [6, 6.07) is 7.02. The third-order valence-electron chi connectivity index (χ3n) is 2.88. The topological polar surface area (TPSA) is 76.2 Å². The summed E-state index contributed by atoms with van der Waals surface area (Å²) in [7, 11) is 0. The molecular formula is C14H15ClN2O3. The fraction of sp³-hybridized carbons (Fsp3) is 0.357. The lowest BCUT2D eigenvalue weighted by molar-refractivity contribution is -0.137. The molecule has 0 saturated heterocycles. The van der Waals surface area contributed by atoms with Crippen LogP contribution in [0.25, 0.3) is 0 Å². The molecule has 5 nitrogen and oxygen atoms in total. The highest BCUT2D eigenvalue weighted by atomic mass is 35.5. The van der Waals surface area contributed by atoms with Gasteiger partial charge in [0.25, 0.3) is 0 Å². The van der Waals surface area contributed by atoms with E-state index < -0.39 is 11.9 Å². The van der Waals surface area contributed by atoms with Crippen molar-refractivity contribution in [1.82, 2.24) is 10.2 Å². The number of carbonyl (C=O) groups is 1. The van der Waals surface area contributed by atoms with Gasteiger partial charge in [0.05, 0.1) is 12.3 Å². The zero-order valence-corrected chi connectivity index (χ0v) is 12.0. The number of rotatable bonds is 5. The van der Waals surface area contributed by atoms with Crippen LogP contribution in [0.15, 0.2) is 28.7 Å². The van der Waals surface area contributed by atoms with Crippen molar-refractivity contribution < 1.29 is 14.3 Å². The summed E-state index contributed by atoms with van der Waals surface area (Å²) >= 11 is 5.95. The molecule has 106 valence electrons. The van der Waals surface area contributed by atoms with Crippen LogP contribution < -0.4 is 0 Å². The van der Waals surface area contributed by atoms with Gasteiger partial charge in [-0.15, -0.1) is 10.2 Å². The summed E-state index contributed by atoms with van der Waals surface area (Å²) in [5.41, 5.74) is 0.749. The maximum Gasteiger partial charge on any atom is 0.304 e. The predicted octanol–water partition coefficient (Wildman–Crippen LogP) is 3.45. The highest BCUT2D eigenvalue weighted by Gasteiger charge is 2.24. The fourth-order valence-corrected chi connectivity index (χ4v) is 2.07. The molecule has 0 aliphatic rings. The van der Waals surface area contributed by atoms with E-state index in [-0.39, 0.29) is 12.3 Å². The van der Waals surface area contributed by atoms with Crippen LogP contribution in [-0.2, 0) is 4.79 Å². The Hall–Kier alpha value is -1.88. The van der Waals surface area contributed by atoms with Crippen LogP contribution in [0.5, 0.6) is 0 Å². The molecule has 1 N–H and O–H groups in total. The van der Waals surface area contributed by atoms with E-state index in [1.54, 1.807) is 24.3 Å². The molecule has 2 rings (SSSR count). The number of halogens is 1. The Balaban J connectivity index is 2.38. The van der Waals surface area contributed by atoms with Gasteiger partial charge in [0.1, 0.15) is 0 Å². The number of nitrogens with zero attached hydrogens (tertiary/aromatic N) is 2. The van der Waals surface area contributed by atoms with Crippen LogP contribution in [0.3, 0.4) is 0 Å². The molecule has 0 amide bonds. The van der Waals surface area contributed by atoms with E-state index in [0.717, 1.165) is 5.56 Å². The molecule has 0 fully saturated rings. The van der Waals surface area contributed by atoms with Gasteiger partial charge in [-0.1, -0.05) is 37.6 Å². The summed E-state index contributed by atoms with van der Waals surface area (Å²) in [6.45, 7) is 3.87. The number of carboxylic acid groups (broad SMARTS) is 1. The molecule has 6 heteroatoms. The van der Waals surface area contributed by atoms with E-state index in [0.29, 0.717) is 16.8 Å². The van der Waals surface area contributed by atoms with E-state index in [9.17, 15) is 4.79 Å². The Labute approximate surface area is 121 Å². The number of carboxylic acids is 1. The Morgan fingerprint density at radius 2 is 2.05 bits per heavy atom. The minimum Gasteiger partial charge on any atom is -0.481 e. The Bertz CT molecular complexity index is 610. The van der Waals surface area contributed by atoms with Gasteiger partial charge in [-0.25, -0.2) is 0 Å². The molecule has 0 radical (unpaired) electrons. The van der Waals surface area contributed by atoms with Crippen molar-refractivity contribution in [3.05, 3.63) is 46.6 Å². The molecule has 1 aromatic carbocycles. The molecule has 0 bridgehead atoms. The number of hydrogen-bond acceptors (Lipinski definition) is 4. The van der Waals surface area contributed by atoms with E-state index >= 15 is 0 Å². The SMILES string of the molecule is CC(C)c1nnc([C@@H](CC(=O)O)c2cccc(Cl)c2)o1. The Morgan fingerprint density at radius 3 is 2.60 bits per heavy atom. The third-order valence-corrected chi connectivity index (χ3v) is 3.11. The van der Waals surface area contributed by atoms with Gasteiger partial charge < -0.3 is 9.52 Å². The zero-order chi connectivity index (χ0) is 14.7. The van der Waals surface area contributed by atoms with Crippen molar-refractivity contribution in [2.45, 2.75) is 32.1 Å². The van der Waals surface area contributed by atoms with Crippen LogP contribution in [-0.4, -0.2) is 21.3 Å². The molecular weight excluding hydrogens is 280 g/mol. The van der Waals surface area contributed by atoms with E-state index in [2.05, 4.69) is 10.2 Å². The van der Waals surface area contributed by atoms with Crippen LogP contribution in [0.4, 0.5) is 0 Å². The molecule has 0 aliphatic carbocycles. The second kappa shape index (κ2) is 6.05. The normalized spacial score (nSPS) is 12.6. The van der Waals surface area contributed by atoms with Crippen molar-refractivity contribution in [2.75, 3.05) is 0 Å². The molecule has 1 aromatic heterocycles. The summed E-state index contributed by atoms with van der Waals surface area (Å²) in [5.74, 6) is -0.526. The Kier molecular flexibility index (Phi) is 4.39. The van der Waals surface area contributed by atoms with Crippen molar-refractivity contribution in [1.29, 1.82) is 0 Å². The van der Waals surface area contributed by atoms with Crippen LogP contribution >= 0.6 is 11.6 Å². The van der Waals surface area contributed by atoms with Gasteiger partial charge in [-0.3, -0.25) is 4.79 Å². The predicted molar refractivity (Wildman–Crippen MR) is 73.9 cm³/mol. The third kappa shape index (κ3) is 3.36. The van der Waals surface area contributed by atoms with E-state index in [1.807, 2.05) is 13.8 Å². The average molecular weight is 295 g/mol. The monoisotopic (exact) mass is 294 g/mol. The van der Waals surface area contributed by atoms with Crippen LogP contribution in [0, 0.1) is 0 Å². The second-order valence-electron chi connectivity index (χ2n) is 4.84. The minimum atomic E-state index is -0.931. The van der Waals surface area contributed by atoms with E-state index in [4.69, 9.17) is 21.1 Å². The van der Waals surface area contributed by atoms with Crippen molar-refractivity contribution in [3.63, 3.8) is 0 Å². The van der Waals surface area contributed by atoms with Crippen LogP contribution in [0.2, 0.25) is 5.02 Å². The largest absolute Gasteiger partial charge is 0.481 e. The fourth-order valence-electron chi connectivity index (χ4n) is 1.87. The first-order valence-electron chi connectivity index (χ1n) is 6.28. The number of aliphatic carboxylic acids is 1. The molecule has 2 aromatic rings. The maximum atomic E-state index is 11.1. The summed E-state index contributed by atoms with van der Waals surface area (Å²) < 4.78 is 5.57. The van der Waals surface area contributed by atoms with Crippen molar-refractivity contribution >= 4 is 17.6 Å². The first-order valence-corrected chi connectivity index (χ1v) is 6.65. The van der Waals surface area contributed by atoms with Gasteiger partial charge in [0.2, 0.25) is 11.8 Å². The summed E-state index contributed by atoms with van der Waals surface area (Å²) in [6.07, 6.45) is -0.125. The van der Waals surface area contributed by atoms with Crippen molar-refractivity contribution in [2.24, 2.45) is 0 Å². The smallest absolute Gasteiger partial charge is 0.304 e. The molecule has 0 unspecified atom stereocenters. The van der Waals surface area contributed by atoms with Crippen molar-refractivity contribution in [3.8, 4) is 0 Å². The highest BCUT2D eigenvalue weighted by molar-refractivity contribution is 6.30. The number of aromatic nitrogens is 2. The van der Waals surface area contributed by atoms with Gasteiger partial charge in [0, 0.05) is 10.9 Å².